The van der Waals surface area contributed by atoms with E-state index in [2.05, 4.69) is 14.7 Å². The molecule has 2 aromatic rings. The molecule has 4 nitrogen and oxygen atoms in total. The van der Waals surface area contributed by atoms with Crippen LogP contribution in [-0.2, 0) is 0 Å². The normalized spacial score (nSPS) is 11.2. The minimum atomic E-state index is -4.46. The third-order valence-corrected chi connectivity index (χ3v) is 2.43. The third kappa shape index (κ3) is 3.98. The van der Waals surface area contributed by atoms with Gasteiger partial charge < -0.3 is 4.74 Å². The van der Waals surface area contributed by atoms with Gasteiger partial charge in [0.25, 0.3) is 0 Å². The Hall–Kier alpha value is -2.51. The molecular formula is C13H8F4N2O2. The number of alkyl halides is 3. The summed E-state index contributed by atoms with van der Waals surface area (Å²) < 4.78 is 53.9. The monoisotopic (exact) mass is 300 g/mol. The third-order valence-electron chi connectivity index (χ3n) is 2.43. The highest BCUT2D eigenvalue weighted by molar-refractivity contribution is 5.78. The van der Waals surface area contributed by atoms with E-state index in [1.165, 1.54) is 18.2 Å². The summed E-state index contributed by atoms with van der Waals surface area (Å²) in [5.41, 5.74) is 0.460. The van der Waals surface area contributed by atoms with Gasteiger partial charge in [-0.15, -0.1) is 0 Å². The van der Waals surface area contributed by atoms with Crippen LogP contribution in [0, 0.1) is 5.95 Å². The van der Waals surface area contributed by atoms with Gasteiger partial charge in [0.1, 0.15) is 0 Å². The molecule has 0 radical (unpaired) electrons. The van der Waals surface area contributed by atoms with Gasteiger partial charge in [-0.1, -0.05) is 0 Å². The maximum absolute atomic E-state index is 13.6. The van der Waals surface area contributed by atoms with E-state index in [1.54, 1.807) is 0 Å². The van der Waals surface area contributed by atoms with Crippen LogP contribution in [0.3, 0.4) is 0 Å². The van der Waals surface area contributed by atoms with E-state index >= 15 is 0 Å². The summed E-state index contributed by atoms with van der Waals surface area (Å²) in [5.74, 6) is -1.05. The number of nitrogens with zero attached hydrogens (tertiary/aromatic N) is 2. The van der Waals surface area contributed by atoms with Crippen LogP contribution in [0.15, 0.2) is 30.6 Å². The Morgan fingerprint density at radius 3 is 2.52 bits per heavy atom. The van der Waals surface area contributed by atoms with Gasteiger partial charge in [-0.2, -0.15) is 17.6 Å². The van der Waals surface area contributed by atoms with Crippen molar-refractivity contribution in [1.29, 1.82) is 0 Å². The summed E-state index contributed by atoms with van der Waals surface area (Å²) in [6.07, 6.45) is -1.75. The second-order valence-electron chi connectivity index (χ2n) is 4.01. The van der Waals surface area contributed by atoms with Crippen LogP contribution in [0.1, 0.15) is 10.4 Å². The average Bonchev–Trinajstić information content (AvgIpc) is 2.45. The van der Waals surface area contributed by atoms with Crippen molar-refractivity contribution in [3.05, 3.63) is 42.1 Å². The Balaban J connectivity index is 2.21. The van der Waals surface area contributed by atoms with Gasteiger partial charge in [0.2, 0.25) is 11.8 Å². The maximum Gasteiger partial charge on any atom is 0.422 e. The van der Waals surface area contributed by atoms with Crippen molar-refractivity contribution in [3.8, 4) is 17.0 Å². The van der Waals surface area contributed by atoms with Gasteiger partial charge in [0.15, 0.2) is 12.9 Å². The summed E-state index contributed by atoms with van der Waals surface area (Å²) in [7, 11) is 0. The Labute approximate surface area is 116 Å². The fourth-order valence-electron chi connectivity index (χ4n) is 1.51. The molecule has 0 aliphatic rings. The first-order valence-electron chi connectivity index (χ1n) is 5.66. The number of aromatic nitrogens is 2. The minimum absolute atomic E-state index is 0.0227. The molecule has 110 valence electrons. The maximum atomic E-state index is 13.6. The molecule has 0 saturated carbocycles. The molecule has 0 aliphatic carbocycles. The Morgan fingerprint density at radius 1 is 1.19 bits per heavy atom. The van der Waals surface area contributed by atoms with E-state index in [0.29, 0.717) is 6.29 Å². The first kappa shape index (κ1) is 14.9. The van der Waals surface area contributed by atoms with Crippen molar-refractivity contribution in [2.24, 2.45) is 0 Å². The van der Waals surface area contributed by atoms with Crippen LogP contribution in [0.4, 0.5) is 17.6 Å². The number of hydrogen-bond donors (Lipinski definition) is 0. The number of carbonyl (C=O) groups is 1. The van der Waals surface area contributed by atoms with Gasteiger partial charge in [-0.25, -0.2) is 9.97 Å². The van der Waals surface area contributed by atoms with Crippen molar-refractivity contribution in [1.82, 2.24) is 9.97 Å². The fraction of sp³-hybridized carbons (Fsp3) is 0.154. The summed E-state index contributed by atoms with van der Waals surface area (Å²) in [4.78, 5) is 17.7. The molecule has 21 heavy (non-hydrogen) atoms. The van der Waals surface area contributed by atoms with Gasteiger partial charge in [0, 0.05) is 35.2 Å². The van der Waals surface area contributed by atoms with Gasteiger partial charge >= 0.3 is 6.18 Å². The number of aldehydes is 1. The molecule has 0 saturated heterocycles. The molecule has 0 amide bonds. The van der Waals surface area contributed by atoms with E-state index in [9.17, 15) is 22.4 Å². The highest BCUT2D eigenvalue weighted by Gasteiger charge is 2.28. The average molecular weight is 300 g/mol. The number of hydrogen-bond acceptors (Lipinski definition) is 4. The smallest absolute Gasteiger partial charge is 0.422 e. The molecule has 0 spiro atoms. The van der Waals surface area contributed by atoms with Crippen LogP contribution in [0.2, 0.25) is 0 Å². The SMILES string of the molecule is O=Cc1cnc(F)c(-c2ccc(OCC(F)(F)F)nc2)c1. The zero-order valence-electron chi connectivity index (χ0n) is 10.4. The van der Waals surface area contributed by atoms with Crippen molar-refractivity contribution < 1.29 is 27.1 Å². The zero-order chi connectivity index (χ0) is 15.5. The van der Waals surface area contributed by atoms with E-state index in [1.807, 2.05) is 0 Å². The van der Waals surface area contributed by atoms with Crippen LogP contribution in [0.25, 0.3) is 11.1 Å². The molecule has 0 fully saturated rings. The Morgan fingerprint density at radius 2 is 1.95 bits per heavy atom. The van der Waals surface area contributed by atoms with Gasteiger partial charge in [-0.05, 0) is 12.1 Å². The molecule has 0 aliphatic heterocycles. The molecule has 0 aromatic carbocycles. The molecule has 2 aromatic heterocycles. The van der Waals surface area contributed by atoms with Gasteiger partial charge in [-0.3, -0.25) is 4.79 Å². The standard InChI is InChI=1S/C13H8F4N2O2/c14-12-10(3-8(6-20)4-19-12)9-1-2-11(18-5-9)21-7-13(15,16)17/h1-6H,7H2. The molecule has 0 unspecified atom stereocenters. The van der Waals surface area contributed by atoms with Crippen molar-refractivity contribution >= 4 is 6.29 Å². The summed E-state index contributed by atoms with van der Waals surface area (Å²) in [6, 6.07) is 3.77. The predicted molar refractivity (Wildman–Crippen MR) is 64.4 cm³/mol. The van der Waals surface area contributed by atoms with Gasteiger partial charge in [0.05, 0.1) is 0 Å². The van der Waals surface area contributed by atoms with E-state index in [-0.39, 0.29) is 22.6 Å². The number of pyridine rings is 2. The molecule has 0 bridgehead atoms. The molecule has 0 N–H and O–H groups in total. The van der Waals surface area contributed by atoms with E-state index < -0.39 is 18.7 Å². The minimum Gasteiger partial charge on any atom is -0.468 e. The molecule has 0 atom stereocenters. The van der Waals surface area contributed by atoms with Crippen LogP contribution < -0.4 is 4.74 Å². The molecule has 2 heterocycles. The molecule has 2 rings (SSSR count). The summed E-state index contributed by atoms with van der Waals surface area (Å²) >= 11 is 0. The lowest BCUT2D eigenvalue weighted by Crippen LogP contribution is -2.19. The van der Waals surface area contributed by atoms with Crippen molar-refractivity contribution in [3.63, 3.8) is 0 Å². The second-order valence-corrected chi connectivity index (χ2v) is 4.01. The van der Waals surface area contributed by atoms with Crippen LogP contribution >= 0.6 is 0 Å². The number of carbonyl (C=O) groups excluding carboxylic acids is 1. The van der Waals surface area contributed by atoms with E-state index in [0.717, 1.165) is 12.4 Å². The van der Waals surface area contributed by atoms with Crippen molar-refractivity contribution in [2.45, 2.75) is 6.18 Å². The second kappa shape index (κ2) is 5.86. The zero-order valence-corrected chi connectivity index (χ0v) is 10.4. The number of ether oxygens (including phenoxy) is 1. The number of rotatable bonds is 4. The topological polar surface area (TPSA) is 52.1 Å². The van der Waals surface area contributed by atoms with E-state index in [4.69, 9.17) is 0 Å². The molecule has 8 heteroatoms. The quantitative estimate of drug-likeness (QED) is 0.495. The highest BCUT2D eigenvalue weighted by Crippen LogP contribution is 2.24. The fourth-order valence-corrected chi connectivity index (χ4v) is 1.51. The van der Waals surface area contributed by atoms with Crippen molar-refractivity contribution in [2.75, 3.05) is 6.61 Å². The first-order chi connectivity index (χ1) is 9.89. The highest BCUT2D eigenvalue weighted by atomic mass is 19.4. The lowest BCUT2D eigenvalue weighted by Gasteiger charge is -2.09. The number of halogens is 4. The largest absolute Gasteiger partial charge is 0.468 e. The lowest BCUT2D eigenvalue weighted by molar-refractivity contribution is -0.154. The summed E-state index contributed by atoms with van der Waals surface area (Å²) in [6.45, 7) is -1.46. The Kier molecular flexibility index (Phi) is 4.15. The first-order valence-corrected chi connectivity index (χ1v) is 5.66. The van der Waals surface area contributed by atoms with Crippen LogP contribution in [-0.4, -0.2) is 29.0 Å². The molecular weight excluding hydrogens is 292 g/mol. The Bertz CT molecular complexity index is 642. The predicted octanol–water partition coefficient (Wildman–Crippen LogP) is 3.04. The summed E-state index contributed by atoms with van der Waals surface area (Å²) in [5, 5.41) is 0. The lowest BCUT2D eigenvalue weighted by atomic mass is 10.1. The van der Waals surface area contributed by atoms with Crippen LogP contribution in [0.5, 0.6) is 5.88 Å².